The Morgan fingerprint density at radius 2 is 1.81 bits per heavy atom. The van der Waals surface area contributed by atoms with E-state index < -0.39 is 41.8 Å². The number of carbonyl (C=O) groups is 2. The summed E-state index contributed by atoms with van der Waals surface area (Å²) in [5.74, 6) is -1.14. The predicted molar refractivity (Wildman–Crippen MR) is 95.3 cm³/mol. The van der Waals surface area contributed by atoms with Crippen molar-refractivity contribution in [1.29, 1.82) is 0 Å². The number of aliphatic hydroxyl groups is 2. The second kappa shape index (κ2) is 8.85. The zero-order chi connectivity index (χ0) is 19.4. The number of hydrogen-bond acceptors (Lipinski definition) is 8. The summed E-state index contributed by atoms with van der Waals surface area (Å²) in [5.41, 5.74) is 1.65. The van der Waals surface area contributed by atoms with Crippen molar-refractivity contribution in [2.45, 2.75) is 57.2 Å². The molecular weight excluding hydrogens is 360 g/mol. The minimum atomic E-state index is -1.25. The van der Waals surface area contributed by atoms with Gasteiger partial charge in [0.2, 0.25) is 0 Å². The first-order valence-corrected chi connectivity index (χ1v) is 9.48. The van der Waals surface area contributed by atoms with E-state index in [0.717, 1.165) is 5.56 Å². The van der Waals surface area contributed by atoms with Crippen LogP contribution in [0.15, 0.2) is 18.2 Å². The van der Waals surface area contributed by atoms with Crippen molar-refractivity contribution in [2.24, 2.45) is 0 Å². The van der Waals surface area contributed by atoms with Gasteiger partial charge >= 0.3 is 11.9 Å². The topological polar surface area (TPSA) is 102 Å². The van der Waals surface area contributed by atoms with E-state index in [0.29, 0.717) is 11.1 Å². The highest BCUT2D eigenvalue weighted by Gasteiger charge is 2.49. The van der Waals surface area contributed by atoms with Crippen LogP contribution >= 0.6 is 11.8 Å². The first-order chi connectivity index (χ1) is 12.3. The molecule has 0 radical (unpaired) electrons. The number of benzene rings is 1. The number of carbonyl (C=O) groups excluding carboxylic acids is 2. The molecule has 2 rings (SSSR count). The van der Waals surface area contributed by atoms with Crippen LogP contribution in [0.5, 0.6) is 0 Å². The van der Waals surface area contributed by atoms with Gasteiger partial charge in [0.05, 0.1) is 6.61 Å². The summed E-state index contributed by atoms with van der Waals surface area (Å²) in [6.07, 6.45) is -2.26. The largest absolute Gasteiger partial charge is 0.456 e. The quantitative estimate of drug-likeness (QED) is 0.736. The van der Waals surface area contributed by atoms with Gasteiger partial charge < -0.3 is 24.4 Å². The molecule has 0 saturated carbocycles. The number of rotatable bonds is 5. The fourth-order valence-electron chi connectivity index (χ4n) is 2.96. The van der Waals surface area contributed by atoms with Gasteiger partial charge in [-0.15, -0.1) is 11.8 Å². The van der Waals surface area contributed by atoms with Crippen LogP contribution < -0.4 is 0 Å². The van der Waals surface area contributed by atoms with Gasteiger partial charge in [0.25, 0.3) is 0 Å². The summed E-state index contributed by atoms with van der Waals surface area (Å²) in [4.78, 5) is 22.9. The fraction of sp³-hybridized carbons (Fsp3) is 0.556. The lowest BCUT2D eigenvalue weighted by Crippen LogP contribution is -2.55. The minimum absolute atomic E-state index is 0.144. The molecule has 1 aromatic carbocycles. The number of thioether (sulfide) groups is 1. The second-order valence-corrected chi connectivity index (χ2v) is 7.08. The first-order valence-electron chi connectivity index (χ1n) is 8.19. The summed E-state index contributed by atoms with van der Waals surface area (Å²) in [7, 11) is 0. The zero-order valence-corrected chi connectivity index (χ0v) is 16.0. The molecule has 1 fully saturated rings. The van der Waals surface area contributed by atoms with E-state index in [2.05, 4.69) is 0 Å². The maximum atomic E-state index is 11.5. The van der Waals surface area contributed by atoms with E-state index in [1.54, 1.807) is 18.4 Å². The molecule has 0 spiro atoms. The van der Waals surface area contributed by atoms with Crippen molar-refractivity contribution >= 4 is 23.7 Å². The molecule has 26 heavy (non-hydrogen) atoms. The van der Waals surface area contributed by atoms with Crippen LogP contribution in [-0.2, 0) is 30.4 Å². The van der Waals surface area contributed by atoms with E-state index >= 15 is 0 Å². The van der Waals surface area contributed by atoms with E-state index in [9.17, 15) is 19.8 Å². The predicted octanol–water partition coefficient (Wildman–Crippen LogP) is 1.47. The molecule has 7 nitrogen and oxygen atoms in total. The van der Waals surface area contributed by atoms with Crippen molar-refractivity contribution in [2.75, 3.05) is 6.26 Å². The van der Waals surface area contributed by atoms with Crippen molar-refractivity contribution in [1.82, 2.24) is 0 Å². The van der Waals surface area contributed by atoms with Gasteiger partial charge in [0.1, 0.15) is 17.6 Å². The molecule has 8 heteroatoms. The first kappa shape index (κ1) is 20.7. The summed E-state index contributed by atoms with van der Waals surface area (Å²) >= 11 is 1.28. The Bertz CT molecular complexity index is 663. The highest BCUT2D eigenvalue weighted by Crippen LogP contribution is 2.39. The van der Waals surface area contributed by atoms with E-state index in [-0.39, 0.29) is 6.61 Å². The molecule has 0 bridgehead atoms. The third kappa shape index (κ3) is 4.56. The van der Waals surface area contributed by atoms with Gasteiger partial charge in [-0.25, -0.2) is 0 Å². The summed E-state index contributed by atoms with van der Waals surface area (Å²) in [5, 5.41) is 20.3. The molecular formula is C18H24O7S. The normalized spacial score (nSPS) is 28.5. The molecule has 1 heterocycles. The Labute approximate surface area is 156 Å². The lowest BCUT2D eigenvalue weighted by molar-refractivity contribution is -0.224. The van der Waals surface area contributed by atoms with Gasteiger partial charge in [-0.1, -0.05) is 18.2 Å². The van der Waals surface area contributed by atoms with Gasteiger partial charge in [0.15, 0.2) is 12.2 Å². The Kier molecular flexibility index (Phi) is 7.05. The van der Waals surface area contributed by atoms with Gasteiger partial charge in [-0.3, -0.25) is 9.59 Å². The van der Waals surface area contributed by atoms with Crippen LogP contribution in [0.3, 0.4) is 0 Å². The highest BCUT2D eigenvalue weighted by atomic mass is 32.2. The smallest absolute Gasteiger partial charge is 0.303 e. The van der Waals surface area contributed by atoms with Crippen molar-refractivity contribution in [3.8, 4) is 0 Å². The number of ether oxygens (including phenoxy) is 3. The van der Waals surface area contributed by atoms with Crippen molar-refractivity contribution in [3.05, 3.63) is 34.9 Å². The summed E-state index contributed by atoms with van der Waals surface area (Å²) in [6, 6.07) is 5.38. The van der Waals surface area contributed by atoms with E-state index in [1.807, 2.05) is 13.0 Å². The molecule has 0 aliphatic carbocycles. The molecule has 1 aliphatic heterocycles. The van der Waals surface area contributed by atoms with Crippen LogP contribution in [0.1, 0.15) is 36.6 Å². The van der Waals surface area contributed by atoms with E-state index in [1.165, 1.54) is 25.6 Å². The average molecular weight is 384 g/mol. The lowest BCUT2D eigenvalue weighted by Gasteiger charge is -2.43. The Hall–Kier alpha value is -1.61. The SMILES string of the molecule is CS[C@H]1O[C@@H](c2ccc(C)c(CO)c2)[C@H](OC(C)=O)[C@@H](O)[C@@H]1OC(C)=O. The molecule has 2 N–H and O–H groups in total. The van der Waals surface area contributed by atoms with Crippen LogP contribution in [0.2, 0.25) is 0 Å². The summed E-state index contributed by atoms with van der Waals surface area (Å²) in [6.45, 7) is 4.20. The lowest BCUT2D eigenvalue weighted by atomic mass is 9.92. The molecule has 1 aromatic rings. The molecule has 5 atom stereocenters. The van der Waals surface area contributed by atoms with Crippen LogP contribution in [0.4, 0.5) is 0 Å². The summed E-state index contributed by atoms with van der Waals surface area (Å²) < 4.78 is 16.5. The maximum Gasteiger partial charge on any atom is 0.303 e. The number of esters is 2. The molecule has 1 aliphatic rings. The average Bonchev–Trinajstić information content (AvgIpc) is 2.58. The Morgan fingerprint density at radius 1 is 1.19 bits per heavy atom. The Morgan fingerprint density at radius 3 is 2.35 bits per heavy atom. The number of hydrogen-bond donors (Lipinski definition) is 2. The van der Waals surface area contributed by atoms with Gasteiger partial charge in [-0.05, 0) is 29.9 Å². The zero-order valence-electron chi connectivity index (χ0n) is 15.2. The Balaban J connectivity index is 2.42. The molecule has 0 aromatic heterocycles. The van der Waals surface area contributed by atoms with Crippen LogP contribution in [-0.4, -0.2) is 52.2 Å². The van der Waals surface area contributed by atoms with Gasteiger partial charge in [-0.2, -0.15) is 0 Å². The van der Waals surface area contributed by atoms with Crippen LogP contribution in [0, 0.1) is 6.92 Å². The molecule has 0 amide bonds. The van der Waals surface area contributed by atoms with Crippen molar-refractivity contribution < 1.29 is 34.0 Å². The monoisotopic (exact) mass is 384 g/mol. The molecule has 144 valence electrons. The van der Waals surface area contributed by atoms with Gasteiger partial charge in [0, 0.05) is 13.8 Å². The second-order valence-electron chi connectivity index (χ2n) is 6.14. The molecule has 0 unspecified atom stereocenters. The highest BCUT2D eigenvalue weighted by molar-refractivity contribution is 7.99. The molecule has 1 saturated heterocycles. The fourth-order valence-corrected chi connectivity index (χ4v) is 3.68. The third-order valence-corrected chi connectivity index (χ3v) is 5.07. The van der Waals surface area contributed by atoms with Crippen molar-refractivity contribution in [3.63, 3.8) is 0 Å². The standard InChI is InChI=1S/C18H24O7S/c1-9-5-6-12(7-13(9)8-19)15-16(23-10(2)20)14(22)17(24-11(3)21)18(25-15)26-4/h5-7,14-19,22H,8H2,1-4H3/t14-,15+,16-,17+,18-/m1/s1. The maximum absolute atomic E-state index is 11.5. The van der Waals surface area contributed by atoms with Crippen LogP contribution in [0.25, 0.3) is 0 Å². The minimum Gasteiger partial charge on any atom is -0.456 e. The number of aliphatic hydroxyl groups excluding tert-OH is 2. The number of aryl methyl sites for hydroxylation is 1. The third-order valence-electron chi connectivity index (χ3n) is 4.23. The van der Waals surface area contributed by atoms with E-state index in [4.69, 9.17) is 14.2 Å².